The van der Waals surface area contributed by atoms with Crippen molar-refractivity contribution in [2.24, 2.45) is 44.3 Å². The lowest BCUT2D eigenvalue weighted by Gasteiger charge is -2.70. The van der Waals surface area contributed by atoms with Crippen molar-refractivity contribution in [3.05, 3.63) is 23.3 Å². The van der Waals surface area contributed by atoms with Gasteiger partial charge in [0.2, 0.25) is 0 Å². The van der Waals surface area contributed by atoms with Crippen LogP contribution in [0.3, 0.4) is 0 Å². The maximum Gasteiger partial charge on any atom is 0.187 e. The lowest BCUT2D eigenvalue weighted by Crippen LogP contribution is -2.66. The normalized spacial score (nSPS) is 54.3. The molecule has 5 aliphatic carbocycles. The highest BCUT2D eigenvalue weighted by Gasteiger charge is 2.68. The van der Waals surface area contributed by atoms with Crippen LogP contribution in [0.15, 0.2) is 23.3 Å². The molecule has 8 N–H and O–H groups in total. The van der Waals surface area contributed by atoms with E-state index >= 15 is 0 Å². The Morgan fingerprint density at radius 3 is 2.07 bits per heavy atom. The summed E-state index contributed by atoms with van der Waals surface area (Å²) in [4.78, 5) is 0. The minimum absolute atomic E-state index is 0.0220. The third-order valence-electron chi connectivity index (χ3n) is 16.8. The van der Waals surface area contributed by atoms with E-state index in [9.17, 15) is 40.9 Å². The molecular formula is C42H68O12. The summed E-state index contributed by atoms with van der Waals surface area (Å²) in [5.74, 6) is 0.346. The summed E-state index contributed by atoms with van der Waals surface area (Å²) in [6.45, 7) is 15.2. The molecule has 5 fully saturated rings. The number of hydrogen-bond donors (Lipinski definition) is 8. The minimum atomic E-state index is -1.71. The first-order valence-electron chi connectivity index (χ1n) is 20.5. The smallest absolute Gasteiger partial charge is 0.187 e. The zero-order valence-electron chi connectivity index (χ0n) is 33.4. The fourth-order valence-corrected chi connectivity index (χ4v) is 13.0. The second-order valence-electron chi connectivity index (χ2n) is 20.2. The van der Waals surface area contributed by atoms with Crippen molar-refractivity contribution in [2.75, 3.05) is 19.8 Å². The van der Waals surface area contributed by atoms with Crippen LogP contribution in [-0.2, 0) is 18.9 Å². The van der Waals surface area contributed by atoms with Gasteiger partial charge < -0.3 is 59.8 Å². The molecule has 12 heteroatoms. The number of allylic oxidation sites excluding steroid dienone is 3. The molecule has 0 spiro atoms. The molecule has 7 rings (SSSR count). The Morgan fingerprint density at radius 1 is 0.722 bits per heavy atom. The topological polar surface area (TPSA) is 199 Å². The van der Waals surface area contributed by atoms with Gasteiger partial charge in [-0.1, -0.05) is 59.3 Å². The molecule has 308 valence electrons. The predicted octanol–water partition coefficient (Wildman–Crippen LogP) is 2.71. The Labute approximate surface area is 320 Å². The van der Waals surface area contributed by atoms with Gasteiger partial charge in [-0.15, -0.1) is 0 Å². The number of hydrogen-bond acceptors (Lipinski definition) is 12. The van der Waals surface area contributed by atoms with Crippen molar-refractivity contribution in [3.63, 3.8) is 0 Å². The van der Waals surface area contributed by atoms with E-state index < -0.39 is 79.5 Å². The molecule has 2 aliphatic heterocycles. The average Bonchev–Trinajstić information content (AvgIpc) is 3.13. The Morgan fingerprint density at radius 2 is 1.41 bits per heavy atom. The first-order valence-corrected chi connectivity index (χ1v) is 20.5. The van der Waals surface area contributed by atoms with Gasteiger partial charge in [-0.05, 0) is 104 Å². The Kier molecular flexibility index (Phi) is 10.7. The van der Waals surface area contributed by atoms with Gasteiger partial charge in [-0.2, -0.15) is 0 Å². The molecule has 7 aliphatic rings. The summed E-state index contributed by atoms with van der Waals surface area (Å²) >= 11 is 0. The number of fused-ring (bicyclic) bond motifs is 6. The number of rotatable bonds is 7. The summed E-state index contributed by atoms with van der Waals surface area (Å²) in [5, 5.41) is 85.6. The fraction of sp³-hybridized carbons (Fsp3) is 0.905. The summed E-state index contributed by atoms with van der Waals surface area (Å²) < 4.78 is 24.1. The van der Waals surface area contributed by atoms with Gasteiger partial charge in [-0.25, -0.2) is 0 Å². The molecule has 0 radical (unpaired) electrons. The molecule has 2 heterocycles. The molecule has 18 atom stereocenters. The van der Waals surface area contributed by atoms with Crippen LogP contribution in [0.1, 0.15) is 106 Å². The van der Waals surface area contributed by atoms with E-state index in [-0.39, 0.29) is 52.1 Å². The van der Waals surface area contributed by atoms with Crippen molar-refractivity contribution >= 4 is 0 Å². The summed E-state index contributed by atoms with van der Waals surface area (Å²) in [5.41, 5.74) is 2.11. The largest absolute Gasteiger partial charge is 0.396 e. The molecule has 2 saturated heterocycles. The molecule has 0 aromatic heterocycles. The Balaban J connectivity index is 1.14. The van der Waals surface area contributed by atoms with Crippen LogP contribution >= 0.6 is 0 Å². The van der Waals surface area contributed by atoms with Crippen molar-refractivity contribution in [2.45, 2.75) is 174 Å². The maximum absolute atomic E-state index is 11.6. The average molecular weight is 765 g/mol. The van der Waals surface area contributed by atoms with Crippen LogP contribution in [0.4, 0.5) is 0 Å². The van der Waals surface area contributed by atoms with Crippen LogP contribution in [-0.4, -0.2) is 128 Å². The monoisotopic (exact) mass is 764 g/mol. The van der Waals surface area contributed by atoms with Crippen molar-refractivity contribution < 1.29 is 59.8 Å². The fourth-order valence-electron chi connectivity index (χ4n) is 13.0. The van der Waals surface area contributed by atoms with E-state index in [4.69, 9.17) is 18.9 Å². The molecule has 3 saturated carbocycles. The van der Waals surface area contributed by atoms with Crippen LogP contribution < -0.4 is 0 Å². The molecule has 0 aromatic carbocycles. The minimum Gasteiger partial charge on any atom is -0.396 e. The maximum atomic E-state index is 11.6. The van der Waals surface area contributed by atoms with Gasteiger partial charge in [-0.3, -0.25) is 0 Å². The zero-order chi connectivity index (χ0) is 39.4. The van der Waals surface area contributed by atoms with Gasteiger partial charge >= 0.3 is 0 Å². The highest BCUT2D eigenvalue weighted by atomic mass is 16.7. The standard InChI is InChI=1S/C42H68O12/c1-22-29(46)34(54-35-32(49)31(48)30(47)25(19-43)52-35)33(50)36(51-22)53-28-11-12-38(4)26(39(28,5)20-44)10-13-41(7)27(38)9-8-23-24-18-37(2,3)14-16-42(24,21-45)17-15-40(23,41)6/h8-9,22,25-36,43-50H,10-21H2,1-7H3/t22-,25-,26+,27-,28+,29+,30-,31+,32+,33-,34-,35-,36-,38-,39+,40+,41-,42-/m1/s1. The van der Waals surface area contributed by atoms with Gasteiger partial charge in [0.05, 0.1) is 32.0 Å². The summed E-state index contributed by atoms with van der Waals surface area (Å²) in [6.07, 6.45) is -1.17. The number of aliphatic hydroxyl groups is 8. The molecule has 54 heavy (non-hydrogen) atoms. The first kappa shape index (κ1) is 41.2. The van der Waals surface area contributed by atoms with E-state index in [1.807, 2.05) is 0 Å². The van der Waals surface area contributed by atoms with Crippen molar-refractivity contribution in [1.29, 1.82) is 0 Å². The third kappa shape index (κ3) is 5.98. The zero-order valence-corrected chi connectivity index (χ0v) is 33.4. The molecule has 0 unspecified atom stereocenters. The quantitative estimate of drug-likeness (QED) is 0.177. The molecule has 0 amide bonds. The SMILES string of the molecule is C[C@H]1O[C@H](O[C@H]2CC[C@]3(C)[C@H](CC[C@]4(C)[C@@H]3C=CC3=C5CC(C)(C)CC[C@]5(CO)CC[C@@]34C)[C@]2(C)CO)[C@H](O)[C@H](O[C@H]2O[C@H](CO)[C@@H](O)[C@H](O)[C@@H]2O)[C@H]1O. The van der Waals surface area contributed by atoms with E-state index in [2.05, 4.69) is 53.7 Å². The highest BCUT2D eigenvalue weighted by Crippen LogP contribution is 2.74. The van der Waals surface area contributed by atoms with Crippen LogP contribution in [0.2, 0.25) is 0 Å². The van der Waals surface area contributed by atoms with E-state index in [0.29, 0.717) is 6.42 Å². The first-order chi connectivity index (χ1) is 25.3. The summed E-state index contributed by atoms with van der Waals surface area (Å²) in [6, 6.07) is 0. The van der Waals surface area contributed by atoms with Crippen LogP contribution in [0, 0.1) is 44.3 Å². The lowest BCUT2D eigenvalue weighted by molar-refractivity contribution is -0.367. The Bertz CT molecular complexity index is 1470. The van der Waals surface area contributed by atoms with Crippen LogP contribution in [0.25, 0.3) is 0 Å². The van der Waals surface area contributed by atoms with E-state index in [1.165, 1.54) is 11.1 Å². The molecular weight excluding hydrogens is 696 g/mol. The number of aliphatic hydroxyl groups excluding tert-OH is 8. The molecule has 12 nitrogen and oxygen atoms in total. The van der Waals surface area contributed by atoms with E-state index in [0.717, 1.165) is 51.4 Å². The molecule has 0 aromatic rings. The molecule has 0 bridgehead atoms. The van der Waals surface area contributed by atoms with Gasteiger partial charge in [0, 0.05) is 10.8 Å². The number of ether oxygens (including phenoxy) is 4. The third-order valence-corrected chi connectivity index (χ3v) is 16.8. The Hall–Kier alpha value is -1.00. The van der Waals surface area contributed by atoms with Gasteiger partial charge in [0.15, 0.2) is 12.6 Å². The van der Waals surface area contributed by atoms with Gasteiger partial charge in [0.25, 0.3) is 0 Å². The van der Waals surface area contributed by atoms with Crippen molar-refractivity contribution in [3.8, 4) is 0 Å². The van der Waals surface area contributed by atoms with Gasteiger partial charge in [0.1, 0.15) is 42.7 Å². The van der Waals surface area contributed by atoms with Crippen molar-refractivity contribution in [1.82, 2.24) is 0 Å². The summed E-state index contributed by atoms with van der Waals surface area (Å²) in [7, 11) is 0. The highest BCUT2D eigenvalue weighted by molar-refractivity contribution is 5.46. The van der Waals surface area contributed by atoms with E-state index in [1.54, 1.807) is 6.92 Å². The second-order valence-corrected chi connectivity index (χ2v) is 20.2. The van der Waals surface area contributed by atoms with Crippen LogP contribution in [0.5, 0.6) is 0 Å². The second kappa shape index (κ2) is 14.1. The lowest BCUT2D eigenvalue weighted by atomic mass is 9.35. The predicted molar refractivity (Wildman–Crippen MR) is 197 cm³/mol.